The second-order valence-corrected chi connectivity index (χ2v) is 8.00. The van der Waals surface area contributed by atoms with Crippen molar-refractivity contribution in [2.24, 2.45) is 5.73 Å². The van der Waals surface area contributed by atoms with Crippen LogP contribution in [0.5, 0.6) is 0 Å². The molecule has 0 fully saturated rings. The normalized spacial score (nSPS) is 11.0. The Morgan fingerprint density at radius 2 is 1.52 bits per heavy atom. The van der Waals surface area contributed by atoms with E-state index < -0.39 is 6.89 Å². The van der Waals surface area contributed by atoms with Gasteiger partial charge in [-0.2, -0.15) is 0 Å². The van der Waals surface area contributed by atoms with E-state index in [1.807, 2.05) is 60.7 Å². The van der Waals surface area contributed by atoms with Crippen LogP contribution in [0.4, 0.5) is 0 Å². The van der Waals surface area contributed by atoms with Gasteiger partial charge in [0.1, 0.15) is 0 Å². The van der Waals surface area contributed by atoms with Gasteiger partial charge < -0.3 is 10.5 Å². The monoisotopic (exact) mass is 301 g/mol. The minimum absolute atomic E-state index is 0.302. The predicted octanol–water partition coefficient (Wildman–Crippen LogP) is 1.94. The van der Waals surface area contributed by atoms with E-state index in [1.54, 1.807) is 12.7 Å². The van der Waals surface area contributed by atoms with Crippen molar-refractivity contribution in [2.75, 3.05) is 12.9 Å². The summed E-state index contributed by atoms with van der Waals surface area (Å²) in [6.45, 7) is 0.0801. The fourth-order valence-electron chi connectivity index (χ4n) is 2.31. The van der Waals surface area contributed by atoms with Crippen molar-refractivity contribution >= 4 is 29.3 Å². The number of nitrogens with two attached hydrogens (primary N) is 1. The fourth-order valence-corrected chi connectivity index (χ4v) is 5.28. The highest BCUT2D eigenvalue weighted by atomic mass is 31.2. The summed E-state index contributed by atoms with van der Waals surface area (Å²) in [7, 11) is 0. The Labute approximate surface area is 125 Å². The molecule has 110 valence electrons. The highest BCUT2D eigenvalue weighted by Gasteiger charge is 2.22. The van der Waals surface area contributed by atoms with Crippen LogP contribution in [0.1, 0.15) is 6.92 Å². The second kappa shape index (κ2) is 7.26. The van der Waals surface area contributed by atoms with Gasteiger partial charge in [0, 0.05) is 12.1 Å². The van der Waals surface area contributed by atoms with Crippen LogP contribution in [0, 0.1) is 0 Å². The van der Waals surface area contributed by atoms with E-state index in [9.17, 15) is 4.79 Å². The molecule has 0 amide bonds. The number of rotatable bonds is 5. The number of carbonyl (C=O) groups excluding carboxylic acids is 1. The summed E-state index contributed by atoms with van der Waals surface area (Å²) in [5.41, 5.74) is 6.13. The second-order valence-electron chi connectivity index (χ2n) is 4.60. The van der Waals surface area contributed by atoms with E-state index in [2.05, 4.69) is 0 Å². The van der Waals surface area contributed by atoms with Gasteiger partial charge >= 0.3 is 5.97 Å². The van der Waals surface area contributed by atoms with Gasteiger partial charge in [-0.05, 0) is 24.4 Å². The Morgan fingerprint density at radius 3 is 1.90 bits per heavy atom. The van der Waals surface area contributed by atoms with Gasteiger partial charge in [0.15, 0.2) is 0 Å². The number of esters is 1. The molecule has 0 aliphatic rings. The molecular formula is C17H20NO2P. The molecular weight excluding hydrogens is 281 g/mol. The van der Waals surface area contributed by atoms with Crippen molar-refractivity contribution < 1.29 is 9.53 Å². The summed E-state index contributed by atoms with van der Waals surface area (Å²) < 4.78 is 5.12. The zero-order chi connectivity index (χ0) is 15.1. The average Bonchev–Trinajstić information content (AvgIpc) is 2.54. The minimum atomic E-state index is -2.09. The van der Waals surface area contributed by atoms with Gasteiger partial charge in [-0.25, -0.2) is 4.79 Å². The number of carbonyl (C=O) groups is 1. The first-order chi connectivity index (χ1) is 10.2. The topological polar surface area (TPSA) is 52.3 Å². The smallest absolute Gasteiger partial charge is 0.331 e. The highest BCUT2D eigenvalue weighted by Crippen LogP contribution is 2.42. The average molecular weight is 301 g/mol. The molecule has 0 aliphatic carbocycles. The third-order valence-electron chi connectivity index (χ3n) is 3.33. The third kappa shape index (κ3) is 3.44. The van der Waals surface area contributed by atoms with Crippen LogP contribution < -0.4 is 16.3 Å². The van der Waals surface area contributed by atoms with Crippen molar-refractivity contribution in [1.82, 2.24) is 0 Å². The van der Waals surface area contributed by atoms with Gasteiger partial charge in [-0.15, -0.1) is 0 Å². The van der Waals surface area contributed by atoms with E-state index in [4.69, 9.17) is 10.5 Å². The van der Waals surface area contributed by atoms with E-state index in [0.29, 0.717) is 12.9 Å². The molecule has 0 saturated heterocycles. The zero-order valence-electron chi connectivity index (χ0n) is 12.1. The SMILES string of the molecule is CCOC(=O)C=P(CN)(c1ccccc1)c1ccccc1. The first-order valence-electron chi connectivity index (χ1n) is 6.94. The van der Waals surface area contributed by atoms with Crippen molar-refractivity contribution in [3.05, 3.63) is 60.7 Å². The first kappa shape index (κ1) is 15.6. The lowest BCUT2D eigenvalue weighted by atomic mass is 10.4. The molecule has 0 atom stereocenters. The number of hydrogen-bond acceptors (Lipinski definition) is 3. The van der Waals surface area contributed by atoms with Gasteiger partial charge in [0.05, 0.1) is 6.61 Å². The van der Waals surface area contributed by atoms with E-state index >= 15 is 0 Å². The molecule has 2 aromatic carbocycles. The molecule has 0 radical (unpaired) electrons. The Kier molecular flexibility index (Phi) is 5.38. The van der Waals surface area contributed by atoms with Crippen molar-refractivity contribution in [3.63, 3.8) is 0 Å². The van der Waals surface area contributed by atoms with Crippen LogP contribution in [-0.4, -0.2) is 24.7 Å². The number of ether oxygens (including phenoxy) is 1. The zero-order valence-corrected chi connectivity index (χ0v) is 13.0. The van der Waals surface area contributed by atoms with Crippen LogP contribution in [0.15, 0.2) is 60.7 Å². The van der Waals surface area contributed by atoms with Crippen LogP contribution >= 0.6 is 6.89 Å². The summed E-state index contributed by atoms with van der Waals surface area (Å²) in [6.07, 6.45) is 0.403. The summed E-state index contributed by atoms with van der Waals surface area (Å²) >= 11 is 0. The molecule has 21 heavy (non-hydrogen) atoms. The van der Waals surface area contributed by atoms with E-state index in [0.717, 1.165) is 10.6 Å². The number of hydrogen-bond donors (Lipinski definition) is 1. The molecule has 0 aliphatic heterocycles. The lowest BCUT2D eigenvalue weighted by Gasteiger charge is -2.25. The summed E-state index contributed by atoms with van der Waals surface area (Å²) in [6, 6.07) is 19.9. The maximum absolute atomic E-state index is 12.1. The van der Waals surface area contributed by atoms with Gasteiger partial charge in [0.25, 0.3) is 0 Å². The minimum Gasteiger partial charge on any atom is -0.463 e. The highest BCUT2D eigenvalue weighted by molar-refractivity contribution is 7.89. The first-order valence-corrected chi connectivity index (χ1v) is 8.99. The van der Waals surface area contributed by atoms with Gasteiger partial charge in [-0.1, -0.05) is 60.7 Å². The molecule has 0 unspecified atom stereocenters. The Hall–Kier alpha value is -1.83. The summed E-state index contributed by atoms with van der Waals surface area (Å²) in [4.78, 5) is 12.1. The Balaban J connectivity index is 2.66. The van der Waals surface area contributed by atoms with Gasteiger partial charge in [-0.3, -0.25) is 0 Å². The summed E-state index contributed by atoms with van der Waals surface area (Å²) in [5.74, 6) is 1.39. The quantitative estimate of drug-likeness (QED) is 0.678. The maximum atomic E-state index is 12.1. The molecule has 2 rings (SSSR count). The molecule has 2 aromatic rings. The van der Waals surface area contributed by atoms with Gasteiger partial charge in [0.2, 0.25) is 0 Å². The molecule has 0 heterocycles. The largest absolute Gasteiger partial charge is 0.463 e. The molecule has 0 spiro atoms. The molecule has 3 nitrogen and oxygen atoms in total. The van der Waals surface area contributed by atoms with Crippen LogP contribution in [0.2, 0.25) is 0 Å². The van der Waals surface area contributed by atoms with Crippen molar-refractivity contribution in [1.29, 1.82) is 0 Å². The summed E-state index contributed by atoms with van der Waals surface area (Å²) in [5, 5.41) is 2.18. The van der Waals surface area contributed by atoms with E-state index in [1.165, 1.54) is 0 Å². The molecule has 0 saturated carbocycles. The Bertz CT molecular complexity index is 595. The lowest BCUT2D eigenvalue weighted by Crippen LogP contribution is -2.26. The van der Waals surface area contributed by atoms with Crippen LogP contribution in [0.25, 0.3) is 0 Å². The predicted molar refractivity (Wildman–Crippen MR) is 90.8 cm³/mol. The maximum Gasteiger partial charge on any atom is 0.331 e. The number of benzene rings is 2. The van der Waals surface area contributed by atoms with Crippen molar-refractivity contribution in [2.45, 2.75) is 6.92 Å². The fraction of sp³-hybridized carbons (Fsp3) is 0.176. The molecule has 2 N–H and O–H groups in total. The lowest BCUT2D eigenvalue weighted by molar-refractivity contribution is -0.134. The Morgan fingerprint density at radius 1 is 1.05 bits per heavy atom. The third-order valence-corrected chi connectivity index (χ3v) is 7.00. The van der Waals surface area contributed by atoms with Crippen molar-refractivity contribution in [3.8, 4) is 0 Å². The van der Waals surface area contributed by atoms with Crippen LogP contribution in [-0.2, 0) is 9.53 Å². The standard InChI is InChI=1S/C17H20NO2P/c1-2-20-17(19)13-21(14-18,15-9-5-3-6-10-15)16-11-7-4-8-12-16/h3-13H,2,14,18H2,1H3. The molecule has 0 bridgehead atoms. The van der Waals surface area contributed by atoms with E-state index in [-0.39, 0.29) is 5.97 Å². The molecule has 0 aromatic heterocycles. The van der Waals surface area contributed by atoms with Crippen LogP contribution in [0.3, 0.4) is 0 Å². The molecule has 4 heteroatoms.